The van der Waals surface area contributed by atoms with E-state index >= 15 is 0 Å². The number of carboxylic acids is 1. The van der Waals surface area contributed by atoms with Gasteiger partial charge in [-0.05, 0) is 0 Å². The first-order valence-corrected chi connectivity index (χ1v) is 11.4. The predicted molar refractivity (Wildman–Crippen MR) is 108 cm³/mol. The number of morpholine rings is 1. The summed E-state index contributed by atoms with van der Waals surface area (Å²) in [6.45, 7) is 3.03. The fourth-order valence-electron chi connectivity index (χ4n) is 2.90. The van der Waals surface area contributed by atoms with Crippen LogP contribution in [0.2, 0.25) is 0 Å². The van der Waals surface area contributed by atoms with Gasteiger partial charge in [0.15, 0.2) is 0 Å². The molecule has 140 valence electrons. The van der Waals surface area contributed by atoms with E-state index in [0.717, 1.165) is 40.1 Å². The molecule has 9 heteroatoms. The Labute approximate surface area is 166 Å². The van der Waals surface area contributed by atoms with Crippen LogP contribution < -0.4 is 10.2 Å². The first-order chi connectivity index (χ1) is 13.1. The van der Waals surface area contributed by atoms with Crippen LogP contribution >= 0.6 is 11.8 Å². The molecule has 3 heterocycles. The second-order valence-electron chi connectivity index (χ2n) is 5.99. The van der Waals surface area contributed by atoms with Crippen molar-refractivity contribution in [3.05, 3.63) is 34.8 Å². The number of carboxylic acid groups (broad SMARTS) is 1. The van der Waals surface area contributed by atoms with Gasteiger partial charge in [-0.2, -0.15) is 0 Å². The second kappa shape index (κ2) is 7.90. The quantitative estimate of drug-likeness (QED) is 0.349. The summed E-state index contributed by atoms with van der Waals surface area (Å²) in [6.07, 6.45) is 1.96. The first-order valence-electron chi connectivity index (χ1n) is 8.42. The van der Waals surface area contributed by atoms with Crippen LogP contribution in [0.5, 0.6) is 0 Å². The number of hydrogen-bond donors (Lipinski definition) is 2. The summed E-state index contributed by atoms with van der Waals surface area (Å²) in [5, 5.41) is 14.2. The Morgan fingerprint density at radius 1 is 1.26 bits per heavy atom. The van der Waals surface area contributed by atoms with Gasteiger partial charge < -0.3 is 0 Å². The predicted octanol–water partition coefficient (Wildman–Crippen LogP) is 2.69. The molecule has 27 heavy (non-hydrogen) atoms. The molecular formula is C18H18N4O3SSe. The standard InChI is InChI=1S/C18H18N4O3SSe/c1-26-18-20-15(10-16(21-18)22-4-6-25-7-5-22)19-12-2-3-13-11(8-12)9-14(27-13)17(23)24/h2-3,8-10H,4-7H2,1H3,(H,23,24)(H,19,20,21). The van der Waals surface area contributed by atoms with Crippen molar-refractivity contribution < 1.29 is 14.6 Å². The van der Waals surface area contributed by atoms with Gasteiger partial charge in [0.05, 0.1) is 0 Å². The number of rotatable bonds is 5. The van der Waals surface area contributed by atoms with Gasteiger partial charge in [-0.1, -0.05) is 0 Å². The molecule has 0 saturated carbocycles. The Hall–Kier alpha value is -2.06. The summed E-state index contributed by atoms with van der Waals surface area (Å²) < 4.78 is 6.99. The number of aromatic carboxylic acids is 1. The number of benzene rings is 1. The number of thioether (sulfide) groups is 1. The van der Waals surface area contributed by atoms with Crippen molar-refractivity contribution in [2.75, 3.05) is 42.8 Å². The molecular weight excluding hydrogens is 431 g/mol. The fourth-order valence-corrected chi connectivity index (χ4v) is 5.12. The van der Waals surface area contributed by atoms with Crippen LogP contribution in [0.25, 0.3) is 9.65 Å². The van der Waals surface area contributed by atoms with E-state index in [0.29, 0.717) is 22.8 Å². The van der Waals surface area contributed by atoms with E-state index in [1.54, 1.807) is 6.07 Å². The van der Waals surface area contributed by atoms with E-state index in [-0.39, 0.29) is 14.5 Å². The third-order valence-corrected chi connectivity index (χ3v) is 7.07. The number of nitrogens with zero attached hydrogens (tertiary/aromatic N) is 3. The van der Waals surface area contributed by atoms with Crippen molar-refractivity contribution in [3.63, 3.8) is 0 Å². The van der Waals surface area contributed by atoms with Gasteiger partial charge in [0.1, 0.15) is 0 Å². The van der Waals surface area contributed by atoms with Crippen LogP contribution in [0.4, 0.5) is 17.3 Å². The molecule has 3 aromatic rings. The maximum atomic E-state index is 11.2. The van der Waals surface area contributed by atoms with Crippen LogP contribution in [0.1, 0.15) is 9.23 Å². The number of nitrogens with one attached hydrogen (secondary N) is 1. The Bertz CT molecular complexity index is 988. The zero-order valence-corrected chi connectivity index (χ0v) is 17.2. The maximum absolute atomic E-state index is 11.2. The molecule has 0 aliphatic carbocycles. The van der Waals surface area contributed by atoms with Gasteiger partial charge in [-0.15, -0.1) is 0 Å². The molecule has 1 aliphatic heterocycles. The molecule has 2 N–H and O–H groups in total. The fraction of sp³-hybridized carbons (Fsp3) is 0.278. The second-order valence-corrected chi connectivity index (χ2v) is 9.04. The third kappa shape index (κ3) is 4.11. The van der Waals surface area contributed by atoms with Crippen molar-refractivity contribution in [3.8, 4) is 0 Å². The molecule has 0 unspecified atom stereocenters. The first kappa shape index (κ1) is 18.3. The molecule has 1 fully saturated rings. The zero-order valence-electron chi connectivity index (χ0n) is 14.6. The molecule has 0 radical (unpaired) electrons. The average Bonchev–Trinajstić information content (AvgIpc) is 3.12. The number of anilines is 3. The van der Waals surface area contributed by atoms with Gasteiger partial charge in [0, 0.05) is 0 Å². The molecule has 0 spiro atoms. The minimum atomic E-state index is -0.837. The normalized spacial score (nSPS) is 14.5. The van der Waals surface area contributed by atoms with E-state index < -0.39 is 5.97 Å². The van der Waals surface area contributed by atoms with Crippen molar-refractivity contribution in [1.29, 1.82) is 0 Å². The molecule has 0 bridgehead atoms. The minimum absolute atomic E-state index is 0.135. The van der Waals surface area contributed by atoms with Crippen molar-refractivity contribution in [1.82, 2.24) is 9.97 Å². The van der Waals surface area contributed by atoms with E-state index in [4.69, 9.17) is 4.74 Å². The summed E-state index contributed by atoms with van der Waals surface area (Å²) in [5.74, 6) is 0.774. The summed E-state index contributed by atoms with van der Waals surface area (Å²) in [5.41, 5.74) is 0.881. The molecule has 0 atom stereocenters. The molecule has 2 aromatic heterocycles. The molecule has 7 nitrogen and oxygen atoms in total. The van der Waals surface area contributed by atoms with Crippen LogP contribution in [0.3, 0.4) is 0 Å². The van der Waals surface area contributed by atoms with E-state index in [1.165, 1.54) is 11.8 Å². The van der Waals surface area contributed by atoms with Crippen LogP contribution in [0.15, 0.2) is 35.5 Å². The number of ether oxygens (including phenoxy) is 1. The molecule has 1 aromatic carbocycles. The van der Waals surface area contributed by atoms with Crippen LogP contribution in [0, 0.1) is 0 Å². The monoisotopic (exact) mass is 450 g/mol. The molecule has 1 saturated heterocycles. The summed E-state index contributed by atoms with van der Waals surface area (Å²) in [6, 6.07) is 9.64. The average molecular weight is 449 g/mol. The van der Waals surface area contributed by atoms with E-state index in [1.807, 2.05) is 30.5 Å². The van der Waals surface area contributed by atoms with Gasteiger partial charge >= 0.3 is 167 Å². The Balaban J connectivity index is 1.62. The topological polar surface area (TPSA) is 87.6 Å². The van der Waals surface area contributed by atoms with Crippen molar-refractivity contribution in [2.45, 2.75) is 5.16 Å². The Morgan fingerprint density at radius 3 is 2.81 bits per heavy atom. The Kier molecular flexibility index (Phi) is 5.36. The molecule has 4 rings (SSSR count). The molecule has 0 amide bonds. The zero-order chi connectivity index (χ0) is 18.8. The van der Waals surface area contributed by atoms with Gasteiger partial charge in [-0.25, -0.2) is 0 Å². The summed E-state index contributed by atoms with van der Waals surface area (Å²) in [7, 11) is 0. The number of aromatic nitrogens is 2. The van der Waals surface area contributed by atoms with Gasteiger partial charge in [0.2, 0.25) is 0 Å². The Morgan fingerprint density at radius 2 is 2.07 bits per heavy atom. The van der Waals surface area contributed by atoms with Gasteiger partial charge in [0.25, 0.3) is 0 Å². The number of carbonyl (C=O) groups is 1. The third-order valence-electron chi connectivity index (χ3n) is 4.21. The molecule has 1 aliphatic rings. The van der Waals surface area contributed by atoms with Crippen molar-refractivity contribution >= 4 is 59.2 Å². The summed E-state index contributed by atoms with van der Waals surface area (Å²) in [4.78, 5) is 22.6. The van der Waals surface area contributed by atoms with Gasteiger partial charge in [-0.3, -0.25) is 0 Å². The van der Waals surface area contributed by atoms with E-state index in [2.05, 4.69) is 20.2 Å². The van der Waals surface area contributed by atoms with Crippen molar-refractivity contribution in [2.24, 2.45) is 0 Å². The van der Waals surface area contributed by atoms with Crippen LogP contribution in [-0.4, -0.2) is 68.1 Å². The SMILES string of the molecule is CSc1nc(Nc2ccc3[se]c(C(=O)O)cc3c2)cc(N2CCOCC2)n1. The summed E-state index contributed by atoms with van der Waals surface area (Å²) >= 11 is 1.37. The number of hydrogen-bond acceptors (Lipinski definition) is 7. The van der Waals surface area contributed by atoms with E-state index in [9.17, 15) is 9.90 Å². The number of fused-ring (bicyclic) bond motifs is 1. The van der Waals surface area contributed by atoms with Crippen LogP contribution in [-0.2, 0) is 4.74 Å².